The minimum absolute atomic E-state index is 0.0251. The molecule has 1 aliphatic heterocycles. The molecule has 1 nitrogen and oxygen atoms in total. The monoisotopic (exact) mass is 305 g/mol. The first-order chi connectivity index (χ1) is 8.59. The van der Waals surface area contributed by atoms with E-state index < -0.39 is 0 Å². The van der Waals surface area contributed by atoms with Gasteiger partial charge in [0.25, 0.3) is 0 Å². The topological polar surface area (TPSA) is 26.0 Å². The number of benzene rings is 1. The highest BCUT2D eigenvalue weighted by molar-refractivity contribution is 8.07. The second-order valence-corrected chi connectivity index (χ2v) is 7.64. The molecule has 0 saturated carbocycles. The summed E-state index contributed by atoms with van der Waals surface area (Å²) in [5.74, 6) is 1.97. The second kappa shape index (κ2) is 6.51. The van der Waals surface area contributed by atoms with Gasteiger partial charge in [0, 0.05) is 28.0 Å². The Morgan fingerprint density at radius 2 is 2.17 bits per heavy atom. The van der Waals surface area contributed by atoms with Gasteiger partial charge in [-0.2, -0.15) is 23.5 Å². The van der Waals surface area contributed by atoms with Crippen LogP contribution in [0.3, 0.4) is 0 Å². The van der Waals surface area contributed by atoms with E-state index >= 15 is 0 Å². The van der Waals surface area contributed by atoms with Crippen LogP contribution < -0.4 is 5.73 Å². The summed E-state index contributed by atoms with van der Waals surface area (Å²) in [7, 11) is 0. The smallest absolute Gasteiger partial charge is 0.142 e. The molecule has 0 amide bonds. The minimum atomic E-state index is -0.361. The molecule has 1 heterocycles. The summed E-state index contributed by atoms with van der Waals surface area (Å²) in [6, 6.07) is 4.95. The van der Waals surface area contributed by atoms with E-state index in [1.807, 2.05) is 29.6 Å². The first-order valence-corrected chi connectivity index (χ1v) is 8.49. The first kappa shape index (κ1) is 14.5. The Hall–Kier alpha value is 0.1000. The average molecular weight is 306 g/mol. The van der Waals surface area contributed by atoms with Crippen molar-refractivity contribution in [2.24, 2.45) is 5.73 Å². The predicted molar refractivity (Wildman–Crippen MR) is 81.3 cm³/mol. The van der Waals surface area contributed by atoms with Crippen LogP contribution in [0.1, 0.15) is 12.5 Å². The molecule has 0 bridgehead atoms. The van der Waals surface area contributed by atoms with Gasteiger partial charge in [-0.15, -0.1) is 0 Å². The van der Waals surface area contributed by atoms with Crippen molar-refractivity contribution in [3.63, 3.8) is 0 Å². The maximum Gasteiger partial charge on any atom is 0.142 e. The number of hydrogen-bond donors (Lipinski definition) is 1. The number of halogens is 2. The molecule has 3 unspecified atom stereocenters. The summed E-state index contributed by atoms with van der Waals surface area (Å²) in [6.45, 7) is 2.22. The van der Waals surface area contributed by atoms with Crippen LogP contribution in [0.25, 0.3) is 0 Å². The fraction of sp³-hybridized carbons (Fsp3) is 0.538. The lowest BCUT2D eigenvalue weighted by Crippen LogP contribution is -2.42. The average Bonchev–Trinajstić information content (AvgIpc) is 2.35. The standard InChI is InChI=1S/C13H17ClFNS2/c1-8-13(18-6-5-17-8)11(16)7-9-3-2-4-10(15)12(9)14/h2-4,8,11,13H,5-7,16H2,1H3. The van der Waals surface area contributed by atoms with Crippen LogP contribution in [-0.4, -0.2) is 28.0 Å². The zero-order valence-electron chi connectivity index (χ0n) is 10.2. The summed E-state index contributed by atoms with van der Waals surface area (Å²) in [6.07, 6.45) is 0.638. The molecule has 0 spiro atoms. The van der Waals surface area contributed by atoms with Crippen LogP contribution in [0.2, 0.25) is 5.02 Å². The molecule has 0 aliphatic carbocycles. The summed E-state index contributed by atoms with van der Waals surface area (Å²) in [5, 5.41) is 1.18. The quantitative estimate of drug-likeness (QED) is 0.924. The van der Waals surface area contributed by atoms with Gasteiger partial charge < -0.3 is 5.73 Å². The first-order valence-electron chi connectivity index (χ1n) is 6.01. The largest absolute Gasteiger partial charge is 0.326 e. The van der Waals surface area contributed by atoms with Gasteiger partial charge in [-0.05, 0) is 18.1 Å². The number of rotatable bonds is 3. The van der Waals surface area contributed by atoms with E-state index in [2.05, 4.69) is 6.92 Å². The SMILES string of the molecule is CC1SCCSC1C(N)Cc1cccc(F)c1Cl. The third-order valence-corrected chi connectivity index (χ3v) is 6.84. The lowest BCUT2D eigenvalue weighted by atomic mass is 10.0. The van der Waals surface area contributed by atoms with Crippen molar-refractivity contribution in [3.8, 4) is 0 Å². The van der Waals surface area contributed by atoms with E-state index in [9.17, 15) is 4.39 Å². The van der Waals surface area contributed by atoms with E-state index in [0.29, 0.717) is 16.9 Å². The molecule has 1 aromatic carbocycles. The van der Waals surface area contributed by atoms with E-state index in [-0.39, 0.29) is 16.9 Å². The summed E-state index contributed by atoms with van der Waals surface area (Å²) >= 11 is 9.86. The highest BCUT2D eigenvalue weighted by atomic mass is 35.5. The van der Waals surface area contributed by atoms with Crippen molar-refractivity contribution in [1.29, 1.82) is 0 Å². The van der Waals surface area contributed by atoms with Crippen LogP contribution in [0.4, 0.5) is 4.39 Å². The van der Waals surface area contributed by atoms with Crippen molar-refractivity contribution >= 4 is 35.1 Å². The molecular formula is C13H17ClFNS2. The van der Waals surface area contributed by atoms with Crippen LogP contribution >= 0.6 is 35.1 Å². The van der Waals surface area contributed by atoms with Gasteiger partial charge in [0.1, 0.15) is 5.82 Å². The Labute approximate surface area is 121 Å². The predicted octanol–water partition coefficient (Wildman–Crippen LogP) is 3.59. The van der Waals surface area contributed by atoms with E-state index in [4.69, 9.17) is 17.3 Å². The van der Waals surface area contributed by atoms with Crippen molar-refractivity contribution in [3.05, 3.63) is 34.6 Å². The van der Waals surface area contributed by atoms with Gasteiger partial charge in [0.05, 0.1) is 5.02 Å². The van der Waals surface area contributed by atoms with Gasteiger partial charge >= 0.3 is 0 Å². The Morgan fingerprint density at radius 1 is 1.44 bits per heavy atom. The highest BCUT2D eigenvalue weighted by Gasteiger charge is 2.28. The summed E-state index contributed by atoms with van der Waals surface area (Å²) in [5.41, 5.74) is 7.09. The highest BCUT2D eigenvalue weighted by Crippen LogP contribution is 2.34. The zero-order valence-corrected chi connectivity index (χ0v) is 12.6. The minimum Gasteiger partial charge on any atom is -0.326 e. The number of hydrogen-bond acceptors (Lipinski definition) is 3. The molecule has 1 aliphatic rings. The number of nitrogens with two attached hydrogens (primary N) is 1. The van der Waals surface area contributed by atoms with Crippen LogP contribution in [-0.2, 0) is 6.42 Å². The Kier molecular flexibility index (Phi) is 5.24. The van der Waals surface area contributed by atoms with Gasteiger partial charge in [-0.25, -0.2) is 4.39 Å². The van der Waals surface area contributed by atoms with E-state index in [1.54, 1.807) is 6.07 Å². The van der Waals surface area contributed by atoms with Gasteiger partial charge in [0.2, 0.25) is 0 Å². The Balaban J connectivity index is 2.06. The third kappa shape index (κ3) is 3.35. The molecule has 1 fully saturated rings. The zero-order chi connectivity index (χ0) is 13.1. The fourth-order valence-corrected chi connectivity index (χ4v) is 5.29. The van der Waals surface area contributed by atoms with Crippen molar-refractivity contribution in [1.82, 2.24) is 0 Å². The summed E-state index contributed by atoms with van der Waals surface area (Å²) in [4.78, 5) is 0. The molecule has 0 radical (unpaired) electrons. The normalized spacial score (nSPS) is 26.0. The molecule has 5 heteroatoms. The maximum atomic E-state index is 13.4. The molecule has 2 N–H and O–H groups in total. The lowest BCUT2D eigenvalue weighted by molar-refractivity contribution is 0.606. The lowest BCUT2D eigenvalue weighted by Gasteiger charge is -2.32. The third-order valence-electron chi connectivity index (χ3n) is 3.15. The van der Waals surface area contributed by atoms with Gasteiger partial charge in [-0.3, -0.25) is 0 Å². The van der Waals surface area contributed by atoms with Gasteiger partial charge in [-0.1, -0.05) is 30.7 Å². The molecule has 2 rings (SSSR count). The van der Waals surface area contributed by atoms with E-state index in [0.717, 1.165) is 11.3 Å². The summed E-state index contributed by atoms with van der Waals surface area (Å²) < 4.78 is 13.4. The molecule has 18 heavy (non-hydrogen) atoms. The van der Waals surface area contributed by atoms with Crippen LogP contribution in [0.15, 0.2) is 18.2 Å². The molecule has 3 atom stereocenters. The van der Waals surface area contributed by atoms with Crippen LogP contribution in [0.5, 0.6) is 0 Å². The molecule has 1 saturated heterocycles. The van der Waals surface area contributed by atoms with Crippen molar-refractivity contribution in [2.75, 3.05) is 11.5 Å². The van der Waals surface area contributed by atoms with Crippen molar-refractivity contribution < 1.29 is 4.39 Å². The number of thioether (sulfide) groups is 2. The fourth-order valence-electron chi connectivity index (χ4n) is 2.20. The second-order valence-electron chi connectivity index (χ2n) is 4.49. The maximum absolute atomic E-state index is 13.4. The van der Waals surface area contributed by atoms with E-state index in [1.165, 1.54) is 11.8 Å². The molecule has 0 aromatic heterocycles. The molecule has 1 aromatic rings. The van der Waals surface area contributed by atoms with Gasteiger partial charge in [0.15, 0.2) is 0 Å². The molecular weight excluding hydrogens is 289 g/mol. The van der Waals surface area contributed by atoms with Crippen LogP contribution in [0, 0.1) is 5.82 Å². The van der Waals surface area contributed by atoms with Crippen molar-refractivity contribution in [2.45, 2.75) is 29.9 Å². The Bertz CT molecular complexity index is 416. The Morgan fingerprint density at radius 3 is 2.89 bits per heavy atom. The molecule has 100 valence electrons.